The number of rotatable bonds is 12. The summed E-state index contributed by atoms with van der Waals surface area (Å²) in [4.78, 5) is 28.8. The molecule has 2 atom stereocenters. The fourth-order valence-corrected chi connectivity index (χ4v) is 5.95. The van der Waals surface area contributed by atoms with Crippen LogP contribution in [-0.2, 0) is 9.59 Å². The fraction of sp³-hybridized carbons (Fsp3) is 0.920. The van der Waals surface area contributed by atoms with Crippen LogP contribution in [0.2, 0.25) is 0 Å². The van der Waals surface area contributed by atoms with Crippen LogP contribution in [0.3, 0.4) is 0 Å². The van der Waals surface area contributed by atoms with Gasteiger partial charge in [0.1, 0.15) is 5.41 Å². The first-order chi connectivity index (χ1) is 14.3. The Labute approximate surface area is 190 Å². The van der Waals surface area contributed by atoms with Crippen LogP contribution in [0.5, 0.6) is 0 Å². The van der Waals surface area contributed by atoms with Gasteiger partial charge >= 0.3 is 0 Å². The van der Waals surface area contributed by atoms with Crippen LogP contribution < -0.4 is 5.73 Å². The first-order valence-corrected chi connectivity index (χ1v) is 12.4. The largest absolute Gasteiger partial charge is 0.388 e. The molecule has 4 N–H and O–H groups in total. The van der Waals surface area contributed by atoms with E-state index in [9.17, 15) is 19.8 Å². The number of carbonyl (C=O) groups is 2. The standard InChI is InChI=1S/C25H48N2O4/c1-9-24(30,10-2)19(17(5)6)27(20(18(7)8)25(31,11-3)12-4)22(29)23(21(26)28)15-13-14-16-23/h17-20,30-31H,9-16H2,1-8H3,(H2,26,28). The van der Waals surface area contributed by atoms with Crippen molar-refractivity contribution in [3.05, 3.63) is 0 Å². The molecule has 2 amide bonds. The van der Waals surface area contributed by atoms with Crippen molar-refractivity contribution < 1.29 is 19.8 Å². The molecule has 0 spiro atoms. The third kappa shape index (κ3) is 5.11. The summed E-state index contributed by atoms with van der Waals surface area (Å²) in [6, 6.07) is -1.08. The summed E-state index contributed by atoms with van der Waals surface area (Å²) in [5, 5.41) is 23.4. The van der Waals surface area contributed by atoms with E-state index in [1.165, 1.54) is 0 Å². The van der Waals surface area contributed by atoms with Crippen LogP contribution in [0.1, 0.15) is 107 Å². The lowest BCUT2D eigenvalue weighted by Gasteiger charge is -2.54. The molecule has 1 fully saturated rings. The smallest absolute Gasteiger partial charge is 0.238 e. The maximum atomic E-state index is 14.4. The summed E-state index contributed by atoms with van der Waals surface area (Å²) in [6.45, 7) is 15.7. The van der Waals surface area contributed by atoms with Crippen molar-refractivity contribution in [3.63, 3.8) is 0 Å². The second kappa shape index (κ2) is 10.7. The molecule has 0 heterocycles. The van der Waals surface area contributed by atoms with Gasteiger partial charge in [0.15, 0.2) is 0 Å². The Kier molecular flexibility index (Phi) is 9.58. The van der Waals surface area contributed by atoms with Crippen LogP contribution in [0.25, 0.3) is 0 Å². The molecule has 0 aliphatic heterocycles. The lowest BCUT2D eigenvalue weighted by molar-refractivity contribution is -0.179. The van der Waals surface area contributed by atoms with E-state index in [-0.39, 0.29) is 17.7 Å². The number of nitrogens with two attached hydrogens (primary N) is 1. The van der Waals surface area contributed by atoms with Crippen molar-refractivity contribution in [3.8, 4) is 0 Å². The zero-order valence-corrected chi connectivity index (χ0v) is 21.2. The highest BCUT2D eigenvalue weighted by Crippen LogP contribution is 2.45. The van der Waals surface area contributed by atoms with Gasteiger partial charge in [0.05, 0.1) is 23.3 Å². The van der Waals surface area contributed by atoms with Crippen LogP contribution in [0, 0.1) is 17.3 Å². The average molecular weight is 441 g/mol. The highest BCUT2D eigenvalue weighted by atomic mass is 16.3. The zero-order chi connectivity index (χ0) is 24.2. The SMILES string of the molecule is CCC(O)(CC)C(C(C)C)N(C(=O)C1(C(N)=O)CCCC1)C(C(C)C)C(O)(CC)CC. The first kappa shape index (κ1) is 27.9. The quantitative estimate of drug-likeness (QED) is 0.399. The van der Waals surface area contributed by atoms with E-state index < -0.39 is 34.6 Å². The van der Waals surface area contributed by atoms with Crippen LogP contribution >= 0.6 is 0 Å². The molecule has 6 nitrogen and oxygen atoms in total. The predicted molar refractivity (Wildman–Crippen MR) is 125 cm³/mol. The molecule has 31 heavy (non-hydrogen) atoms. The van der Waals surface area contributed by atoms with Crippen LogP contribution in [0.15, 0.2) is 0 Å². The third-order valence-electron chi connectivity index (χ3n) is 7.99. The summed E-state index contributed by atoms with van der Waals surface area (Å²) in [5.74, 6) is -1.03. The lowest BCUT2D eigenvalue weighted by atomic mass is 9.72. The highest BCUT2D eigenvalue weighted by molar-refractivity contribution is 6.05. The highest BCUT2D eigenvalue weighted by Gasteiger charge is 2.57. The molecular formula is C25H48N2O4. The van der Waals surface area contributed by atoms with Crippen molar-refractivity contribution in [2.24, 2.45) is 23.0 Å². The minimum Gasteiger partial charge on any atom is -0.388 e. The molecule has 0 radical (unpaired) electrons. The minimum absolute atomic E-state index is 0.0700. The molecule has 182 valence electrons. The molecule has 2 unspecified atom stereocenters. The van der Waals surface area contributed by atoms with E-state index in [1.807, 2.05) is 55.4 Å². The fourth-order valence-electron chi connectivity index (χ4n) is 5.95. The Morgan fingerprint density at radius 1 is 0.839 bits per heavy atom. The Balaban J connectivity index is 3.87. The monoisotopic (exact) mass is 440 g/mol. The maximum Gasteiger partial charge on any atom is 0.238 e. The summed E-state index contributed by atoms with van der Waals surface area (Å²) in [6.07, 6.45) is 4.31. The van der Waals surface area contributed by atoms with E-state index in [2.05, 4.69) is 0 Å². The van der Waals surface area contributed by atoms with E-state index in [4.69, 9.17) is 5.73 Å². The number of nitrogens with zero attached hydrogens (tertiary/aromatic N) is 1. The molecule has 1 rings (SSSR count). The number of carbonyl (C=O) groups excluding carboxylic acids is 2. The molecule has 1 aliphatic rings. The summed E-state index contributed by atoms with van der Waals surface area (Å²) >= 11 is 0. The Bertz CT molecular complexity index is 573. The van der Waals surface area contributed by atoms with E-state index in [0.717, 1.165) is 12.8 Å². The summed E-state index contributed by atoms with van der Waals surface area (Å²) in [7, 11) is 0. The van der Waals surface area contributed by atoms with Crippen molar-refractivity contribution in [2.45, 2.75) is 130 Å². The van der Waals surface area contributed by atoms with Crippen LogP contribution in [-0.4, -0.2) is 50.2 Å². The van der Waals surface area contributed by atoms with Crippen molar-refractivity contribution in [1.29, 1.82) is 0 Å². The van der Waals surface area contributed by atoms with Crippen molar-refractivity contribution in [1.82, 2.24) is 4.90 Å². The van der Waals surface area contributed by atoms with E-state index in [1.54, 1.807) is 4.90 Å². The van der Waals surface area contributed by atoms with E-state index in [0.29, 0.717) is 38.5 Å². The Morgan fingerprint density at radius 2 is 1.16 bits per heavy atom. The number of hydrogen-bond donors (Lipinski definition) is 3. The Hall–Kier alpha value is -1.14. The number of hydrogen-bond acceptors (Lipinski definition) is 4. The lowest BCUT2D eigenvalue weighted by Crippen LogP contribution is -2.69. The van der Waals surface area contributed by atoms with Gasteiger partial charge < -0.3 is 20.8 Å². The van der Waals surface area contributed by atoms with Gasteiger partial charge in [-0.25, -0.2) is 0 Å². The van der Waals surface area contributed by atoms with Crippen molar-refractivity contribution >= 4 is 11.8 Å². The van der Waals surface area contributed by atoms with Crippen LogP contribution in [0.4, 0.5) is 0 Å². The first-order valence-electron chi connectivity index (χ1n) is 12.4. The molecule has 0 aromatic heterocycles. The number of amides is 2. The van der Waals surface area contributed by atoms with Gasteiger partial charge in [0.2, 0.25) is 11.8 Å². The van der Waals surface area contributed by atoms with Gasteiger partial charge in [-0.2, -0.15) is 0 Å². The van der Waals surface area contributed by atoms with E-state index >= 15 is 0 Å². The van der Waals surface area contributed by atoms with Crippen molar-refractivity contribution in [2.75, 3.05) is 0 Å². The number of aliphatic hydroxyl groups is 2. The van der Waals surface area contributed by atoms with Gasteiger partial charge in [-0.05, 0) is 50.4 Å². The second-order valence-electron chi connectivity index (χ2n) is 10.4. The Morgan fingerprint density at radius 3 is 1.39 bits per heavy atom. The minimum atomic E-state index is -1.26. The molecule has 0 bridgehead atoms. The predicted octanol–water partition coefficient (Wildman–Crippen LogP) is 4.01. The van der Waals surface area contributed by atoms with Gasteiger partial charge in [0.25, 0.3) is 0 Å². The second-order valence-corrected chi connectivity index (χ2v) is 10.4. The molecule has 0 saturated heterocycles. The summed E-state index contributed by atoms with van der Waals surface area (Å²) < 4.78 is 0. The molecule has 1 saturated carbocycles. The molecular weight excluding hydrogens is 392 g/mol. The van der Waals surface area contributed by atoms with Gasteiger partial charge in [0, 0.05) is 0 Å². The molecule has 0 aromatic rings. The van der Waals surface area contributed by atoms with Gasteiger partial charge in [-0.1, -0.05) is 68.2 Å². The maximum absolute atomic E-state index is 14.4. The number of primary amides is 1. The van der Waals surface area contributed by atoms with Gasteiger partial charge in [-0.15, -0.1) is 0 Å². The zero-order valence-electron chi connectivity index (χ0n) is 21.2. The third-order valence-corrected chi connectivity index (χ3v) is 7.99. The topological polar surface area (TPSA) is 104 Å². The normalized spacial score (nSPS) is 19.0. The molecule has 0 aromatic carbocycles. The average Bonchev–Trinajstić information content (AvgIpc) is 3.23. The molecule has 1 aliphatic carbocycles. The molecule has 6 heteroatoms. The summed E-state index contributed by atoms with van der Waals surface area (Å²) in [5.41, 5.74) is 2.35. The van der Waals surface area contributed by atoms with Gasteiger partial charge in [-0.3, -0.25) is 9.59 Å².